The Morgan fingerprint density at radius 2 is 1.88 bits per heavy atom. The Morgan fingerprint density at radius 3 is 2.24 bits per heavy atom. The van der Waals surface area contributed by atoms with Crippen molar-refractivity contribution in [3.8, 4) is 0 Å². The van der Waals surface area contributed by atoms with E-state index >= 15 is 0 Å². The molecule has 1 rings (SSSR count). The highest BCUT2D eigenvalue weighted by Gasteiger charge is 2.36. The third-order valence-corrected chi connectivity index (χ3v) is 3.66. The molecule has 0 bridgehead atoms. The fourth-order valence-electron chi connectivity index (χ4n) is 2.51. The van der Waals surface area contributed by atoms with Crippen LogP contribution in [0.25, 0.3) is 0 Å². The van der Waals surface area contributed by atoms with Gasteiger partial charge in [-0.3, -0.25) is 9.69 Å². The summed E-state index contributed by atoms with van der Waals surface area (Å²) >= 11 is 0. The Labute approximate surface area is 105 Å². The lowest BCUT2D eigenvalue weighted by molar-refractivity contribution is -0.139. The van der Waals surface area contributed by atoms with E-state index in [0.29, 0.717) is 5.92 Å². The Kier molecular flexibility index (Phi) is 4.59. The summed E-state index contributed by atoms with van der Waals surface area (Å²) in [5.41, 5.74) is 0.197. The van der Waals surface area contributed by atoms with Crippen LogP contribution in [0, 0.1) is 17.3 Å². The molecule has 100 valence electrons. The van der Waals surface area contributed by atoms with E-state index in [-0.39, 0.29) is 17.9 Å². The molecule has 0 spiro atoms. The minimum atomic E-state index is -0.674. The maximum absolute atomic E-state index is 10.9. The number of likely N-dealkylation sites (tertiary alicyclic amines) is 1. The van der Waals surface area contributed by atoms with Crippen LogP contribution in [-0.4, -0.2) is 35.1 Å². The topological polar surface area (TPSA) is 40.5 Å². The first-order valence-electron chi connectivity index (χ1n) is 6.65. The second kappa shape index (κ2) is 5.38. The standard InChI is InChI=1S/C14H27NO2/c1-10(2)11-8-15(9-11)12(6-13(16)17)7-14(3,4)5/h10-12H,6-9H2,1-5H3,(H,16,17). The Balaban J connectivity index is 2.51. The Bertz CT molecular complexity index is 262. The third-order valence-electron chi connectivity index (χ3n) is 3.66. The monoisotopic (exact) mass is 241 g/mol. The van der Waals surface area contributed by atoms with Crippen molar-refractivity contribution in [1.82, 2.24) is 4.90 Å². The van der Waals surface area contributed by atoms with Crippen molar-refractivity contribution in [2.75, 3.05) is 13.1 Å². The van der Waals surface area contributed by atoms with Gasteiger partial charge in [-0.1, -0.05) is 34.6 Å². The zero-order chi connectivity index (χ0) is 13.2. The normalized spacial score (nSPS) is 20.4. The summed E-state index contributed by atoms with van der Waals surface area (Å²) < 4.78 is 0. The molecule has 1 unspecified atom stereocenters. The molecule has 3 nitrogen and oxygen atoms in total. The van der Waals surface area contributed by atoms with Crippen LogP contribution in [0.15, 0.2) is 0 Å². The van der Waals surface area contributed by atoms with Gasteiger partial charge in [-0.25, -0.2) is 0 Å². The lowest BCUT2D eigenvalue weighted by Gasteiger charge is -2.47. The maximum Gasteiger partial charge on any atom is 0.304 e. The summed E-state index contributed by atoms with van der Waals surface area (Å²) in [5.74, 6) is 0.796. The minimum Gasteiger partial charge on any atom is -0.481 e. The molecule has 17 heavy (non-hydrogen) atoms. The van der Waals surface area contributed by atoms with Gasteiger partial charge in [0.15, 0.2) is 0 Å². The molecule has 0 saturated carbocycles. The van der Waals surface area contributed by atoms with E-state index in [1.165, 1.54) is 0 Å². The van der Waals surface area contributed by atoms with E-state index in [0.717, 1.165) is 25.4 Å². The molecule has 1 heterocycles. The van der Waals surface area contributed by atoms with Crippen molar-refractivity contribution in [2.24, 2.45) is 17.3 Å². The zero-order valence-electron chi connectivity index (χ0n) is 11.9. The molecule has 1 atom stereocenters. The van der Waals surface area contributed by atoms with Crippen molar-refractivity contribution < 1.29 is 9.90 Å². The van der Waals surface area contributed by atoms with E-state index < -0.39 is 5.97 Å². The van der Waals surface area contributed by atoms with Crippen LogP contribution < -0.4 is 0 Å². The van der Waals surface area contributed by atoms with Gasteiger partial charge in [0, 0.05) is 19.1 Å². The highest BCUT2D eigenvalue weighted by atomic mass is 16.4. The van der Waals surface area contributed by atoms with Gasteiger partial charge in [-0.05, 0) is 23.7 Å². The predicted molar refractivity (Wildman–Crippen MR) is 70.0 cm³/mol. The first-order chi connectivity index (χ1) is 7.69. The molecule has 0 aromatic heterocycles. The van der Waals surface area contributed by atoms with Crippen LogP contribution in [0.2, 0.25) is 0 Å². The van der Waals surface area contributed by atoms with Gasteiger partial charge in [0.25, 0.3) is 0 Å². The quantitative estimate of drug-likeness (QED) is 0.804. The van der Waals surface area contributed by atoms with Crippen LogP contribution in [0.1, 0.15) is 47.5 Å². The van der Waals surface area contributed by atoms with Gasteiger partial charge >= 0.3 is 5.97 Å². The number of nitrogens with zero attached hydrogens (tertiary/aromatic N) is 1. The number of carboxylic acid groups (broad SMARTS) is 1. The van der Waals surface area contributed by atoms with Crippen molar-refractivity contribution >= 4 is 5.97 Å². The van der Waals surface area contributed by atoms with Crippen LogP contribution in [0.3, 0.4) is 0 Å². The minimum absolute atomic E-state index is 0.197. The lowest BCUT2D eigenvalue weighted by atomic mass is 9.81. The average Bonchev–Trinajstić information content (AvgIpc) is 1.94. The van der Waals surface area contributed by atoms with Crippen LogP contribution in [0.5, 0.6) is 0 Å². The van der Waals surface area contributed by atoms with Gasteiger partial charge in [-0.2, -0.15) is 0 Å². The average molecular weight is 241 g/mol. The van der Waals surface area contributed by atoms with Crippen LogP contribution in [-0.2, 0) is 4.79 Å². The molecule has 0 aliphatic carbocycles. The summed E-state index contributed by atoms with van der Waals surface area (Å²) in [6, 6.07) is 0.211. The van der Waals surface area contributed by atoms with E-state index in [1.54, 1.807) is 0 Å². The van der Waals surface area contributed by atoms with Gasteiger partial charge < -0.3 is 5.11 Å². The molecule has 3 heteroatoms. The Hall–Kier alpha value is -0.570. The number of hydrogen-bond donors (Lipinski definition) is 1. The molecule has 0 aromatic rings. The van der Waals surface area contributed by atoms with Gasteiger partial charge in [-0.15, -0.1) is 0 Å². The summed E-state index contributed by atoms with van der Waals surface area (Å²) in [6.45, 7) is 13.2. The maximum atomic E-state index is 10.9. The van der Waals surface area contributed by atoms with Crippen LogP contribution >= 0.6 is 0 Å². The SMILES string of the molecule is CC(C)C1CN(C(CC(=O)O)CC(C)(C)C)C1. The van der Waals surface area contributed by atoms with Gasteiger partial charge in [0.05, 0.1) is 6.42 Å². The van der Waals surface area contributed by atoms with Gasteiger partial charge in [0.1, 0.15) is 0 Å². The lowest BCUT2D eigenvalue weighted by Crippen LogP contribution is -2.55. The largest absolute Gasteiger partial charge is 0.481 e. The fourth-order valence-corrected chi connectivity index (χ4v) is 2.51. The smallest absolute Gasteiger partial charge is 0.304 e. The molecular formula is C14H27NO2. The number of carboxylic acids is 1. The summed E-state index contributed by atoms with van der Waals surface area (Å²) in [4.78, 5) is 13.3. The molecule has 1 N–H and O–H groups in total. The van der Waals surface area contributed by atoms with E-state index in [2.05, 4.69) is 39.5 Å². The molecule has 1 aliphatic rings. The number of hydrogen-bond acceptors (Lipinski definition) is 2. The van der Waals surface area contributed by atoms with Gasteiger partial charge in [0.2, 0.25) is 0 Å². The molecular weight excluding hydrogens is 214 g/mol. The molecule has 1 aliphatic heterocycles. The molecule has 1 saturated heterocycles. The van der Waals surface area contributed by atoms with Crippen LogP contribution in [0.4, 0.5) is 0 Å². The highest BCUT2D eigenvalue weighted by Crippen LogP contribution is 2.32. The summed E-state index contributed by atoms with van der Waals surface area (Å²) in [5, 5.41) is 9.00. The first kappa shape index (κ1) is 14.5. The van der Waals surface area contributed by atoms with E-state index in [4.69, 9.17) is 5.11 Å². The number of carbonyl (C=O) groups is 1. The zero-order valence-corrected chi connectivity index (χ0v) is 11.9. The summed E-state index contributed by atoms with van der Waals surface area (Å²) in [6.07, 6.45) is 1.24. The van der Waals surface area contributed by atoms with E-state index in [9.17, 15) is 4.79 Å². The van der Waals surface area contributed by atoms with Crippen molar-refractivity contribution in [2.45, 2.75) is 53.5 Å². The number of aliphatic carboxylic acids is 1. The number of rotatable bonds is 5. The molecule has 1 fully saturated rings. The first-order valence-corrected chi connectivity index (χ1v) is 6.65. The second-order valence-corrected chi connectivity index (χ2v) is 6.97. The third kappa shape index (κ3) is 4.66. The van der Waals surface area contributed by atoms with Crippen molar-refractivity contribution in [3.05, 3.63) is 0 Å². The Morgan fingerprint density at radius 1 is 1.35 bits per heavy atom. The molecule has 0 amide bonds. The fraction of sp³-hybridized carbons (Fsp3) is 0.929. The van der Waals surface area contributed by atoms with E-state index in [1.807, 2.05) is 0 Å². The predicted octanol–water partition coefficient (Wildman–Crippen LogP) is 2.85. The molecule has 0 radical (unpaired) electrons. The second-order valence-electron chi connectivity index (χ2n) is 6.97. The van der Waals surface area contributed by atoms with Crippen molar-refractivity contribution in [1.29, 1.82) is 0 Å². The molecule has 0 aromatic carbocycles. The highest BCUT2D eigenvalue weighted by molar-refractivity contribution is 5.67. The van der Waals surface area contributed by atoms with Crippen molar-refractivity contribution in [3.63, 3.8) is 0 Å². The summed E-state index contributed by atoms with van der Waals surface area (Å²) in [7, 11) is 0.